The van der Waals surface area contributed by atoms with Crippen molar-refractivity contribution >= 4 is 5.97 Å². The fourth-order valence-corrected chi connectivity index (χ4v) is 1.78. The first-order valence-electron chi connectivity index (χ1n) is 5.66. The number of nitrogens with one attached hydrogen (secondary N) is 1. The number of nitrogens with zero attached hydrogens (tertiary/aromatic N) is 3. The molecule has 1 aromatic heterocycles. The summed E-state index contributed by atoms with van der Waals surface area (Å²) in [6.45, 7) is 3.70. The Bertz CT molecular complexity index is 393. The first-order chi connectivity index (χ1) is 8.19. The van der Waals surface area contributed by atoms with Gasteiger partial charge in [0.1, 0.15) is 11.7 Å². The molecule has 1 saturated heterocycles. The lowest BCUT2D eigenvalue weighted by molar-refractivity contribution is -0.139. The van der Waals surface area contributed by atoms with Crippen LogP contribution in [-0.4, -0.2) is 44.8 Å². The molecule has 1 aliphatic heterocycles. The Kier molecular flexibility index (Phi) is 3.70. The average Bonchev–Trinajstić information content (AvgIpc) is 2.95. The molecule has 1 aliphatic rings. The van der Waals surface area contributed by atoms with Gasteiger partial charge in [-0.25, -0.2) is 0 Å². The molecular formula is C10H16N4O3. The van der Waals surface area contributed by atoms with Gasteiger partial charge in [-0.1, -0.05) is 5.21 Å². The predicted octanol–water partition coefficient (Wildman–Crippen LogP) is -0.370. The fraction of sp³-hybridized carbons (Fsp3) is 0.700. The van der Waals surface area contributed by atoms with E-state index in [0.29, 0.717) is 19.6 Å². The molecule has 0 aromatic carbocycles. The van der Waals surface area contributed by atoms with E-state index in [1.807, 2.05) is 13.1 Å². The molecule has 0 unspecified atom stereocenters. The Balaban J connectivity index is 1.77. The van der Waals surface area contributed by atoms with E-state index in [1.54, 1.807) is 4.68 Å². The van der Waals surface area contributed by atoms with Crippen molar-refractivity contribution in [2.75, 3.05) is 6.54 Å². The van der Waals surface area contributed by atoms with Crippen LogP contribution in [0.25, 0.3) is 0 Å². The van der Waals surface area contributed by atoms with Crippen molar-refractivity contribution in [2.24, 2.45) is 0 Å². The quantitative estimate of drug-likeness (QED) is 0.730. The number of aliphatic carboxylic acids is 1. The highest BCUT2D eigenvalue weighted by Gasteiger charge is 2.29. The van der Waals surface area contributed by atoms with Gasteiger partial charge < -0.3 is 15.2 Å². The van der Waals surface area contributed by atoms with E-state index in [2.05, 4.69) is 15.6 Å². The van der Waals surface area contributed by atoms with Crippen molar-refractivity contribution in [3.8, 4) is 0 Å². The minimum absolute atomic E-state index is 0.0668. The summed E-state index contributed by atoms with van der Waals surface area (Å²) in [5.41, 5.74) is 0.769. The van der Waals surface area contributed by atoms with Crippen molar-refractivity contribution in [2.45, 2.75) is 38.6 Å². The third-order valence-corrected chi connectivity index (χ3v) is 2.77. The Morgan fingerprint density at radius 2 is 2.59 bits per heavy atom. The number of hydrogen-bond donors (Lipinski definition) is 2. The van der Waals surface area contributed by atoms with Crippen LogP contribution in [0.3, 0.4) is 0 Å². The lowest BCUT2D eigenvalue weighted by atomic mass is 10.2. The van der Waals surface area contributed by atoms with Crippen LogP contribution in [0.5, 0.6) is 0 Å². The van der Waals surface area contributed by atoms with E-state index in [1.165, 1.54) is 0 Å². The van der Waals surface area contributed by atoms with Crippen molar-refractivity contribution in [1.82, 2.24) is 20.3 Å². The summed E-state index contributed by atoms with van der Waals surface area (Å²) in [4.78, 5) is 10.7. The summed E-state index contributed by atoms with van der Waals surface area (Å²) in [6.07, 6.45) is 2.26. The zero-order valence-corrected chi connectivity index (χ0v) is 9.67. The fourth-order valence-electron chi connectivity index (χ4n) is 1.78. The maximum Gasteiger partial charge on any atom is 0.320 e. The smallest absolute Gasteiger partial charge is 0.320 e. The molecule has 7 heteroatoms. The van der Waals surface area contributed by atoms with Crippen LogP contribution in [0.2, 0.25) is 0 Å². The van der Waals surface area contributed by atoms with Gasteiger partial charge in [-0.05, 0) is 6.92 Å². The zero-order chi connectivity index (χ0) is 12.3. The van der Waals surface area contributed by atoms with Gasteiger partial charge in [0.15, 0.2) is 0 Å². The molecule has 17 heavy (non-hydrogen) atoms. The van der Waals surface area contributed by atoms with Gasteiger partial charge in [0.25, 0.3) is 0 Å². The van der Waals surface area contributed by atoms with E-state index in [9.17, 15) is 4.79 Å². The highest BCUT2D eigenvalue weighted by atomic mass is 16.5. The molecule has 2 rings (SSSR count). The van der Waals surface area contributed by atoms with Crippen LogP contribution in [0.15, 0.2) is 6.20 Å². The summed E-state index contributed by atoms with van der Waals surface area (Å²) >= 11 is 0. The highest BCUT2D eigenvalue weighted by Crippen LogP contribution is 2.12. The second-order valence-electron chi connectivity index (χ2n) is 4.03. The number of aromatic nitrogens is 3. The summed E-state index contributed by atoms with van der Waals surface area (Å²) in [5.74, 6) is -0.826. The molecule has 0 radical (unpaired) electrons. The Hall–Kier alpha value is -1.47. The highest BCUT2D eigenvalue weighted by molar-refractivity contribution is 5.73. The van der Waals surface area contributed by atoms with Gasteiger partial charge in [-0.3, -0.25) is 9.48 Å². The van der Waals surface area contributed by atoms with Gasteiger partial charge in [0, 0.05) is 19.5 Å². The Morgan fingerprint density at radius 1 is 1.76 bits per heavy atom. The van der Waals surface area contributed by atoms with E-state index in [4.69, 9.17) is 9.84 Å². The topological polar surface area (TPSA) is 89.3 Å². The van der Waals surface area contributed by atoms with Gasteiger partial charge in [-0.15, -0.1) is 5.10 Å². The Labute approximate surface area is 98.8 Å². The van der Waals surface area contributed by atoms with Crippen LogP contribution in [0.4, 0.5) is 0 Å². The van der Waals surface area contributed by atoms with E-state index in [-0.39, 0.29) is 6.10 Å². The number of hydrogen-bond acceptors (Lipinski definition) is 5. The second kappa shape index (κ2) is 5.24. The number of carboxylic acid groups (broad SMARTS) is 1. The lowest BCUT2D eigenvalue weighted by Gasteiger charge is -2.08. The van der Waals surface area contributed by atoms with E-state index < -0.39 is 12.0 Å². The molecular weight excluding hydrogens is 224 g/mol. The molecule has 94 valence electrons. The predicted molar refractivity (Wildman–Crippen MR) is 58.3 cm³/mol. The SMILES string of the molecule is CCn1cc(CO[C@H]2CN[C@H](C(=O)O)C2)nn1. The molecule has 0 amide bonds. The van der Waals surface area contributed by atoms with E-state index >= 15 is 0 Å². The number of ether oxygens (including phenoxy) is 1. The van der Waals surface area contributed by atoms with Crippen LogP contribution < -0.4 is 5.32 Å². The van der Waals surface area contributed by atoms with Gasteiger partial charge in [0.05, 0.1) is 18.9 Å². The normalized spacial score (nSPS) is 24.1. The summed E-state index contributed by atoms with van der Waals surface area (Å²) in [6, 6.07) is -0.494. The molecule has 0 bridgehead atoms. The van der Waals surface area contributed by atoms with Crippen molar-refractivity contribution in [3.63, 3.8) is 0 Å². The summed E-state index contributed by atoms with van der Waals surface area (Å²) < 4.78 is 7.31. The van der Waals surface area contributed by atoms with Crippen LogP contribution in [0, 0.1) is 0 Å². The average molecular weight is 240 g/mol. The first kappa shape index (κ1) is 12.0. The number of carboxylic acids is 1. The molecule has 2 N–H and O–H groups in total. The zero-order valence-electron chi connectivity index (χ0n) is 9.67. The monoisotopic (exact) mass is 240 g/mol. The molecule has 7 nitrogen and oxygen atoms in total. The number of carbonyl (C=O) groups is 1. The Morgan fingerprint density at radius 3 is 3.18 bits per heavy atom. The minimum Gasteiger partial charge on any atom is -0.480 e. The second-order valence-corrected chi connectivity index (χ2v) is 4.03. The molecule has 2 heterocycles. The molecule has 0 spiro atoms. The van der Waals surface area contributed by atoms with Crippen LogP contribution >= 0.6 is 0 Å². The van der Waals surface area contributed by atoms with Crippen LogP contribution in [-0.2, 0) is 22.7 Å². The molecule has 2 atom stereocenters. The van der Waals surface area contributed by atoms with Gasteiger partial charge >= 0.3 is 5.97 Å². The third-order valence-electron chi connectivity index (χ3n) is 2.77. The molecule has 1 fully saturated rings. The largest absolute Gasteiger partial charge is 0.480 e. The van der Waals surface area contributed by atoms with Crippen molar-refractivity contribution < 1.29 is 14.6 Å². The van der Waals surface area contributed by atoms with Gasteiger partial charge in [-0.2, -0.15) is 0 Å². The third kappa shape index (κ3) is 3.01. The lowest BCUT2D eigenvalue weighted by Crippen LogP contribution is -2.29. The number of aryl methyl sites for hydroxylation is 1. The summed E-state index contributed by atoms with van der Waals surface area (Å²) in [5, 5.41) is 19.6. The summed E-state index contributed by atoms with van der Waals surface area (Å²) in [7, 11) is 0. The van der Waals surface area contributed by atoms with E-state index in [0.717, 1.165) is 12.2 Å². The molecule has 0 saturated carbocycles. The van der Waals surface area contributed by atoms with Crippen molar-refractivity contribution in [3.05, 3.63) is 11.9 Å². The maximum absolute atomic E-state index is 10.7. The maximum atomic E-state index is 10.7. The number of rotatable bonds is 5. The standard InChI is InChI=1S/C10H16N4O3/c1-2-14-5-7(12-13-14)6-17-8-3-9(10(15)16)11-4-8/h5,8-9,11H,2-4,6H2,1H3,(H,15,16)/t8-,9+/m1/s1. The van der Waals surface area contributed by atoms with Gasteiger partial charge in [0.2, 0.25) is 0 Å². The van der Waals surface area contributed by atoms with Crippen molar-refractivity contribution in [1.29, 1.82) is 0 Å². The van der Waals surface area contributed by atoms with Crippen LogP contribution in [0.1, 0.15) is 19.0 Å². The molecule has 0 aliphatic carbocycles. The molecule has 1 aromatic rings. The first-order valence-corrected chi connectivity index (χ1v) is 5.66. The minimum atomic E-state index is -0.826.